The molecule has 0 N–H and O–H groups in total. The van der Waals surface area contributed by atoms with Gasteiger partial charge in [-0.3, -0.25) is 0 Å². The molecule has 0 amide bonds. The molecule has 0 aliphatic carbocycles. The van der Waals surface area contributed by atoms with Crippen molar-refractivity contribution in [1.29, 1.82) is 0 Å². The van der Waals surface area contributed by atoms with Crippen molar-refractivity contribution in [1.82, 2.24) is 0 Å². The maximum Gasteiger partial charge on any atom is 0.409 e. The van der Waals surface area contributed by atoms with Gasteiger partial charge in [-0.25, -0.2) is 0 Å². The normalized spacial score (nSPS) is 17.1. The van der Waals surface area contributed by atoms with Gasteiger partial charge in [-0.1, -0.05) is 109 Å². The van der Waals surface area contributed by atoms with Gasteiger partial charge in [0.1, 0.15) is 6.04 Å². The lowest BCUT2D eigenvalue weighted by Crippen LogP contribution is -2.40. The molecule has 2 heterocycles. The molecule has 9 rings (SSSR count). The molecule has 0 spiro atoms. The highest BCUT2D eigenvalue weighted by atomic mass is 19.4. The molecule has 0 aromatic heterocycles. The van der Waals surface area contributed by atoms with E-state index in [1.165, 1.54) is 16.2 Å². The molecular formula is C44H33F3N2. The average molecular weight is 647 g/mol. The number of rotatable bonds is 4. The first-order valence-electron chi connectivity index (χ1n) is 16.8. The quantitative estimate of drug-likeness (QED) is 0.176. The highest BCUT2D eigenvalue weighted by molar-refractivity contribution is 6.22. The molecule has 2 nitrogen and oxygen atoms in total. The van der Waals surface area contributed by atoms with Crippen LogP contribution >= 0.6 is 0 Å². The number of benzene rings is 7. The fourth-order valence-corrected chi connectivity index (χ4v) is 8.26. The molecule has 240 valence electrons. The van der Waals surface area contributed by atoms with Crippen LogP contribution < -0.4 is 9.80 Å². The summed E-state index contributed by atoms with van der Waals surface area (Å²) in [7, 11) is 0. The largest absolute Gasteiger partial charge is 0.409 e. The molecule has 0 fully saturated rings. The summed E-state index contributed by atoms with van der Waals surface area (Å²) >= 11 is 0. The second kappa shape index (κ2) is 11.3. The Kier molecular flexibility index (Phi) is 6.80. The van der Waals surface area contributed by atoms with Crippen LogP contribution in [0.2, 0.25) is 0 Å². The lowest BCUT2D eigenvalue weighted by atomic mass is 9.85. The number of nitrogens with zero attached hydrogens (tertiary/aromatic N) is 2. The number of halogens is 3. The second-order valence-electron chi connectivity index (χ2n) is 13.3. The maximum absolute atomic E-state index is 14.7. The number of fused-ring (bicyclic) bond motifs is 4. The number of para-hydroxylation sites is 2. The zero-order valence-corrected chi connectivity index (χ0v) is 27.0. The van der Waals surface area contributed by atoms with Crippen molar-refractivity contribution in [2.24, 2.45) is 0 Å². The van der Waals surface area contributed by atoms with E-state index in [1.54, 1.807) is 6.07 Å². The van der Waals surface area contributed by atoms with E-state index in [1.807, 2.05) is 72.8 Å². The Balaban J connectivity index is 1.35. The highest BCUT2D eigenvalue weighted by Crippen LogP contribution is 2.50. The van der Waals surface area contributed by atoms with Crippen LogP contribution in [0.5, 0.6) is 0 Å². The van der Waals surface area contributed by atoms with Gasteiger partial charge in [0.05, 0.1) is 0 Å². The third kappa shape index (κ3) is 4.79. The van der Waals surface area contributed by atoms with Gasteiger partial charge < -0.3 is 9.80 Å². The van der Waals surface area contributed by atoms with E-state index < -0.39 is 12.2 Å². The van der Waals surface area contributed by atoms with Crippen molar-refractivity contribution >= 4 is 44.3 Å². The Labute approximate surface area is 283 Å². The predicted octanol–water partition coefficient (Wildman–Crippen LogP) is 12.0. The van der Waals surface area contributed by atoms with Crippen LogP contribution in [0.1, 0.15) is 18.1 Å². The fourth-order valence-electron chi connectivity index (χ4n) is 8.26. The molecule has 0 radical (unpaired) electrons. The standard InChI is InChI=1S/C44H33F3N2/c1-28-24-31-16-8-10-18-39(31)48(28)33-20-22-35-37(26-33)42(29-12-4-2-5-13-29)36-23-21-34(27-38(36)43(35)30-14-6-3-7-15-30)49-40-19-11-9-17-32(40)25-41(49)44(45,46)47/h2-23,26-28,41H,24-25H2,1H3. The first kappa shape index (κ1) is 29.6. The number of hydrogen-bond acceptors (Lipinski definition) is 2. The summed E-state index contributed by atoms with van der Waals surface area (Å²) < 4.78 is 44.0. The van der Waals surface area contributed by atoms with Gasteiger partial charge in [-0.05, 0) is 105 Å². The molecule has 7 aromatic carbocycles. The SMILES string of the molecule is CC1Cc2ccccc2N1c1ccc2c(-c3ccccc3)c3cc(N4c5ccccc5CC4C(F)(F)F)ccc3c(-c3ccccc3)c2c1. The van der Waals surface area contributed by atoms with Crippen molar-refractivity contribution in [3.8, 4) is 22.3 Å². The third-order valence-electron chi connectivity index (χ3n) is 10.3. The summed E-state index contributed by atoms with van der Waals surface area (Å²) in [6, 6.07) is 47.7. The number of anilines is 4. The van der Waals surface area contributed by atoms with Crippen LogP contribution in [0.4, 0.5) is 35.9 Å². The van der Waals surface area contributed by atoms with E-state index in [2.05, 4.69) is 78.6 Å². The molecular weight excluding hydrogens is 613 g/mol. The van der Waals surface area contributed by atoms with Crippen molar-refractivity contribution < 1.29 is 13.2 Å². The summed E-state index contributed by atoms with van der Waals surface area (Å²) in [4.78, 5) is 3.92. The van der Waals surface area contributed by atoms with E-state index in [0.29, 0.717) is 23.0 Å². The predicted molar refractivity (Wildman–Crippen MR) is 196 cm³/mol. The third-order valence-corrected chi connectivity index (χ3v) is 10.3. The smallest absolute Gasteiger partial charge is 0.338 e. The number of hydrogen-bond donors (Lipinski definition) is 0. The van der Waals surface area contributed by atoms with E-state index in [9.17, 15) is 13.2 Å². The summed E-state index contributed by atoms with van der Waals surface area (Å²) in [5.41, 5.74) is 9.74. The molecule has 0 saturated heterocycles. The van der Waals surface area contributed by atoms with E-state index in [4.69, 9.17) is 0 Å². The molecule has 2 aliphatic heterocycles. The van der Waals surface area contributed by atoms with E-state index in [0.717, 1.165) is 55.9 Å². The molecule has 0 bridgehead atoms. The van der Waals surface area contributed by atoms with Crippen LogP contribution in [0.25, 0.3) is 43.8 Å². The van der Waals surface area contributed by atoms with Gasteiger partial charge in [0, 0.05) is 35.2 Å². The van der Waals surface area contributed by atoms with E-state index in [-0.39, 0.29) is 6.42 Å². The molecule has 0 saturated carbocycles. The molecule has 2 unspecified atom stereocenters. The Morgan fingerprint density at radius 2 is 0.939 bits per heavy atom. The molecule has 49 heavy (non-hydrogen) atoms. The lowest BCUT2D eigenvalue weighted by molar-refractivity contribution is -0.145. The Morgan fingerprint density at radius 1 is 0.490 bits per heavy atom. The minimum absolute atomic E-state index is 0.0724. The Bertz CT molecular complexity index is 2370. The van der Waals surface area contributed by atoms with Crippen LogP contribution in [-0.4, -0.2) is 18.3 Å². The van der Waals surface area contributed by atoms with Gasteiger partial charge in [0.15, 0.2) is 0 Å². The topological polar surface area (TPSA) is 6.48 Å². The fraction of sp³-hybridized carbons (Fsp3) is 0.136. The zero-order valence-electron chi connectivity index (χ0n) is 27.0. The highest BCUT2D eigenvalue weighted by Gasteiger charge is 2.48. The summed E-state index contributed by atoms with van der Waals surface area (Å²) in [6.45, 7) is 2.27. The summed E-state index contributed by atoms with van der Waals surface area (Å²) in [6.07, 6.45) is -3.48. The van der Waals surface area contributed by atoms with Crippen LogP contribution in [0.3, 0.4) is 0 Å². The Hall–Kier alpha value is -5.55. The van der Waals surface area contributed by atoms with Gasteiger partial charge in [0.2, 0.25) is 0 Å². The van der Waals surface area contributed by atoms with Crippen molar-refractivity contribution in [3.63, 3.8) is 0 Å². The van der Waals surface area contributed by atoms with E-state index >= 15 is 0 Å². The minimum atomic E-state index is -4.39. The molecule has 2 aliphatic rings. The number of alkyl halides is 3. The van der Waals surface area contributed by atoms with Gasteiger partial charge in [-0.15, -0.1) is 0 Å². The molecule has 5 heteroatoms. The van der Waals surface area contributed by atoms with Crippen LogP contribution in [0.15, 0.2) is 146 Å². The van der Waals surface area contributed by atoms with Crippen LogP contribution in [-0.2, 0) is 12.8 Å². The first-order valence-corrected chi connectivity index (χ1v) is 16.8. The van der Waals surface area contributed by atoms with Gasteiger partial charge in [0.25, 0.3) is 0 Å². The van der Waals surface area contributed by atoms with Crippen molar-refractivity contribution in [2.45, 2.75) is 38.0 Å². The molecule has 7 aromatic rings. The second-order valence-corrected chi connectivity index (χ2v) is 13.3. The van der Waals surface area contributed by atoms with Crippen molar-refractivity contribution in [3.05, 3.63) is 157 Å². The van der Waals surface area contributed by atoms with Gasteiger partial charge >= 0.3 is 6.18 Å². The lowest BCUT2D eigenvalue weighted by Gasteiger charge is -2.30. The monoisotopic (exact) mass is 646 g/mol. The summed E-state index contributed by atoms with van der Waals surface area (Å²) in [5, 5.41) is 4.10. The Morgan fingerprint density at radius 3 is 1.47 bits per heavy atom. The summed E-state index contributed by atoms with van der Waals surface area (Å²) in [5.74, 6) is 0. The van der Waals surface area contributed by atoms with Gasteiger partial charge in [-0.2, -0.15) is 13.2 Å². The van der Waals surface area contributed by atoms with Crippen molar-refractivity contribution in [2.75, 3.05) is 9.80 Å². The zero-order chi connectivity index (χ0) is 33.3. The first-order chi connectivity index (χ1) is 23.9. The minimum Gasteiger partial charge on any atom is -0.338 e. The van der Waals surface area contributed by atoms with Crippen LogP contribution in [0, 0.1) is 0 Å². The maximum atomic E-state index is 14.7. The molecule has 2 atom stereocenters. The average Bonchev–Trinajstić information content (AvgIpc) is 3.69.